The molecule has 19 heavy (non-hydrogen) atoms. The number of carbonyl (C=O) groups is 1. The highest BCUT2D eigenvalue weighted by atomic mass is 79.9. The summed E-state index contributed by atoms with van der Waals surface area (Å²) in [6, 6.07) is 5.11. The number of nitrogens with zero attached hydrogens (tertiary/aromatic N) is 1. The van der Waals surface area contributed by atoms with Crippen LogP contribution in [-0.4, -0.2) is 11.1 Å². The lowest BCUT2D eigenvalue weighted by atomic mass is 9.72. The molecule has 0 heterocycles. The van der Waals surface area contributed by atoms with Gasteiger partial charge >= 0.3 is 5.97 Å². The van der Waals surface area contributed by atoms with E-state index in [1.165, 1.54) is 0 Å². The van der Waals surface area contributed by atoms with E-state index >= 15 is 0 Å². The first-order valence-corrected chi connectivity index (χ1v) is 6.93. The Balaban J connectivity index is 2.35. The van der Waals surface area contributed by atoms with Crippen molar-refractivity contribution in [3.05, 3.63) is 45.2 Å². The summed E-state index contributed by atoms with van der Waals surface area (Å²) in [4.78, 5) is 14.5. The molecule has 1 aromatic carbocycles. The maximum absolute atomic E-state index is 10.7. The summed E-state index contributed by atoms with van der Waals surface area (Å²) >= 11 is 3.42. The molecule has 0 spiro atoms. The van der Waals surface area contributed by atoms with Gasteiger partial charge in [0.15, 0.2) is 0 Å². The Bertz CT molecular complexity index is 547. The third-order valence-electron chi connectivity index (χ3n) is 3.67. The number of rotatable bonds is 4. The molecule has 0 unspecified atom stereocenters. The molecule has 0 aliphatic heterocycles. The first-order chi connectivity index (χ1) is 8.97. The fourth-order valence-electron chi connectivity index (χ4n) is 2.38. The van der Waals surface area contributed by atoms with Gasteiger partial charge in [-0.3, -0.25) is 4.79 Å². The van der Waals surface area contributed by atoms with Crippen molar-refractivity contribution in [3.8, 4) is 0 Å². The normalized spacial score (nSPS) is 18.2. The van der Waals surface area contributed by atoms with E-state index in [1.807, 2.05) is 18.2 Å². The molecule has 0 saturated heterocycles. The van der Waals surface area contributed by atoms with Crippen molar-refractivity contribution in [1.82, 2.24) is 0 Å². The van der Waals surface area contributed by atoms with Gasteiger partial charge in [-0.1, -0.05) is 15.9 Å². The van der Waals surface area contributed by atoms with Crippen molar-refractivity contribution >= 4 is 21.9 Å². The highest BCUT2D eigenvalue weighted by molar-refractivity contribution is 9.10. The van der Waals surface area contributed by atoms with Gasteiger partial charge < -0.3 is 15.7 Å². The van der Waals surface area contributed by atoms with Gasteiger partial charge in [-0.25, -0.2) is 6.57 Å². The van der Waals surface area contributed by atoms with Gasteiger partial charge in [-0.2, -0.15) is 0 Å². The summed E-state index contributed by atoms with van der Waals surface area (Å²) in [5, 5.41) is 8.81. The highest BCUT2D eigenvalue weighted by Gasteiger charge is 2.45. The molecule has 1 saturated carbocycles. The number of benzene rings is 1. The van der Waals surface area contributed by atoms with Crippen LogP contribution in [0.2, 0.25) is 0 Å². The highest BCUT2D eigenvalue weighted by Crippen LogP contribution is 2.46. The Kier molecular flexibility index (Phi) is 3.93. The molecule has 5 heteroatoms. The lowest BCUT2D eigenvalue weighted by Gasteiger charge is -2.31. The molecule has 1 aliphatic carbocycles. The van der Waals surface area contributed by atoms with E-state index in [0.717, 1.165) is 34.9 Å². The van der Waals surface area contributed by atoms with Crippen molar-refractivity contribution < 1.29 is 9.90 Å². The number of hydrogen-bond acceptors (Lipinski definition) is 2. The summed E-state index contributed by atoms with van der Waals surface area (Å²) < 4.78 is 0.843. The van der Waals surface area contributed by atoms with E-state index in [0.29, 0.717) is 0 Å². The van der Waals surface area contributed by atoms with Gasteiger partial charge in [0.2, 0.25) is 0 Å². The van der Waals surface area contributed by atoms with E-state index in [-0.39, 0.29) is 6.42 Å². The number of aliphatic carboxylic acids is 1. The minimum atomic E-state index is -0.919. The molecule has 2 rings (SSSR count). The second-order valence-electron chi connectivity index (χ2n) is 4.97. The molecule has 1 aliphatic rings. The van der Waals surface area contributed by atoms with Crippen LogP contribution in [0.4, 0.5) is 0 Å². The van der Waals surface area contributed by atoms with E-state index < -0.39 is 17.6 Å². The first-order valence-electron chi connectivity index (χ1n) is 6.14. The number of halogens is 1. The number of hydrogen-bond donors (Lipinski definition) is 2. The van der Waals surface area contributed by atoms with Crippen LogP contribution in [0.1, 0.15) is 42.9 Å². The lowest BCUT2D eigenvalue weighted by molar-refractivity contribution is -0.137. The van der Waals surface area contributed by atoms with Crippen LogP contribution < -0.4 is 5.73 Å². The summed E-state index contributed by atoms with van der Waals surface area (Å²) in [5.74, 6) is -0.919. The minimum absolute atomic E-state index is 0.110. The van der Waals surface area contributed by atoms with Gasteiger partial charge in [-0.05, 0) is 30.2 Å². The van der Waals surface area contributed by atoms with E-state index in [4.69, 9.17) is 17.4 Å². The van der Waals surface area contributed by atoms with Crippen molar-refractivity contribution in [2.75, 3.05) is 0 Å². The zero-order valence-electron chi connectivity index (χ0n) is 10.4. The monoisotopic (exact) mass is 322 g/mol. The van der Waals surface area contributed by atoms with Gasteiger partial charge in [-0.15, -0.1) is 0 Å². The molecule has 3 N–H and O–H groups in total. The lowest BCUT2D eigenvalue weighted by Crippen LogP contribution is -2.30. The van der Waals surface area contributed by atoms with Crippen LogP contribution >= 0.6 is 15.9 Å². The summed E-state index contributed by atoms with van der Waals surface area (Å²) in [6.07, 6.45) is 2.67. The Morgan fingerprint density at radius 2 is 2.21 bits per heavy atom. The average Bonchev–Trinajstić information content (AvgIpc) is 2.26. The zero-order valence-corrected chi connectivity index (χ0v) is 12.0. The van der Waals surface area contributed by atoms with Crippen molar-refractivity contribution in [2.45, 2.75) is 37.3 Å². The molecule has 4 nitrogen and oxygen atoms in total. The van der Waals surface area contributed by atoms with Crippen LogP contribution in [0.15, 0.2) is 22.7 Å². The number of carboxylic acids is 1. The standard InChI is InChI=1S/C14H15BrN2O2/c1-17-14(3-2-4-14)10-5-9(6-11(15)7-10)12(16)8-13(18)19/h5-7,12H,2-4,8,16H2,(H,18,19)/t12-/m0/s1. The van der Waals surface area contributed by atoms with Crippen molar-refractivity contribution in [1.29, 1.82) is 0 Å². The largest absolute Gasteiger partial charge is 0.481 e. The summed E-state index contributed by atoms with van der Waals surface area (Å²) in [5.41, 5.74) is 7.18. The average molecular weight is 323 g/mol. The van der Waals surface area contributed by atoms with Gasteiger partial charge in [0.05, 0.1) is 6.42 Å². The molecule has 0 aromatic heterocycles. The Morgan fingerprint density at radius 3 is 2.68 bits per heavy atom. The second-order valence-corrected chi connectivity index (χ2v) is 5.89. The third-order valence-corrected chi connectivity index (χ3v) is 4.13. The Hall–Kier alpha value is -1.38. The van der Waals surface area contributed by atoms with Gasteiger partial charge in [0, 0.05) is 28.9 Å². The van der Waals surface area contributed by atoms with Crippen molar-refractivity contribution in [3.63, 3.8) is 0 Å². The van der Waals surface area contributed by atoms with Crippen LogP contribution in [-0.2, 0) is 10.3 Å². The predicted molar refractivity (Wildman–Crippen MR) is 75.5 cm³/mol. The fraction of sp³-hybridized carbons (Fsp3) is 0.429. The molecule has 0 amide bonds. The smallest absolute Gasteiger partial charge is 0.305 e. The molecular weight excluding hydrogens is 308 g/mol. The van der Waals surface area contributed by atoms with Crippen LogP contribution in [0.3, 0.4) is 0 Å². The molecule has 0 bridgehead atoms. The fourth-order valence-corrected chi connectivity index (χ4v) is 2.89. The third kappa shape index (κ3) is 2.80. The topological polar surface area (TPSA) is 67.7 Å². The maximum Gasteiger partial charge on any atom is 0.305 e. The molecular formula is C14H15BrN2O2. The van der Waals surface area contributed by atoms with Crippen LogP contribution in [0.5, 0.6) is 0 Å². The van der Waals surface area contributed by atoms with E-state index in [2.05, 4.69) is 20.8 Å². The van der Waals surface area contributed by atoms with Crippen LogP contribution in [0.25, 0.3) is 4.85 Å². The van der Waals surface area contributed by atoms with Gasteiger partial charge in [0.25, 0.3) is 5.54 Å². The molecule has 1 atom stereocenters. The second kappa shape index (κ2) is 5.32. The summed E-state index contributed by atoms with van der Waals surface area (Å²) in [7, 11) is 0. The molecule has 1 aromatic rings. The SMILES string of the molecule is [C-]#[N+]C1(c2cc(Br)cc([C@@H](N)CC(=O)O)c2)CCC1. The first kappa shape index (κ1) is 14.0. The zero-order chi connectivity index (χ0) is 14.0. The van der Waals surface area contributed by atoms with E-state index in [1.54, 1.807) is 0 Å². The molecule has 100 valence electrons. The quantitative estimate of drug-likeness (QED) is 0.836. The van der Waals surface area contributed by atoms with Gasteiger partial charge in [0.1, 0.15) is 0 Å². The molecule has 0 radical (unpaired) electrons. The van der Waals surface area contributed by atoms with Crippen LogP contribution in [0, 0.1) is 6.57 Å². The maximum atomic E-state index is 10.7. The number of nitrogens with two attached hydrogens (primary N) is 1. The Morgan fingerprint density at radius 1 is 1.53 bits per heavy atom. The summed E-state index contributed by atoms with van der Waals surface area (Å²) in [6.45, 7) is 7.39. The number of carboxylic acid groups (broad SMARTS) is 1. The van der Waals surface area contributed by atoms with Crippen molar-refractivity contribution in [2.24, 2.45) is 5.73 Å². The van der Waals surface area contributed by atoms with E-state index in [9.17, 15) is 4.79 Å². The Labute approximate surface area is 120 Å². The molecule has 1 fully saturated rings. The minimum Gasteiger partial charge on any atom is -0.481 e. The predicted octanol–water partition coefficient (Wildman–Crippen LogP) is 3.22.